The highest BCUT2D eigenvalue weighted by Crippen LogP contribution is 2.31. The maximum Gasteiger partial charge on any atom is 0.310 e. The van der Waals surface area contributed by atoms with Gasteiger partial charge in [-0.05, 0) is 31.5 Å². The van der Waals surface area contributed by atoms with E-state index in [0.717, 1.165) is 19.3 Å². The molecule has 0 aromatic carbocycles. The van der Waals surface area contributed by atoms with Crippen LogP contribution in [-0.2, 0) is 14.3 Å². The molecule has 1 heterocycles. The standard InChI is InChI=1S/C9H13NO3S/c1-12-8(11)5-3-2-4-6-7(5)10-9(14)13-6/h5-7H,2-4H2,1H3,(H,10,14). The van der Waals surface area contributed by atoms with Crippen molar-refractivity contribution in [3.63, 3.8) is 0 Å². The Bertz CT molecular complexity index is 269. The van der Waals surface area contributed by atoms with E-state index < -0.39 is 0 Å². The second-order valence-corrected chi connectivity index (χ2v) is 4.05. The zero-order valence-electron chi connectivity index (χ0n) is 7.99. The molecule has 2 aliphatic rings. The lowest BCUT2D eigenvalue weighted by atomic mass is 9.83. The van der Waals surface area contributed by atoms with Crippen LogP contribution in [0.15, 0.2) is 0 Å². The molecule has 3 unspecified atom stereocenters. The Balaban J connectivity index is 2.11. The molecule has 1 aliphatic heterocycles. The van der Waals surface area contributed by atoms with Gasteiger partial charge in [0.25, 0.3) is 5.17 Å². The molecule has 4 nitrogen and oxygen atoms in total. The van der Waals surface area contributed by atoms with Crippen LogP contribution < -0.4 is 5.32 Å². The van der Waals surface area contributed by atoms with Gasteiger partial charge < -0.3 is 14.8 Å². The molecule has 5 heteroatoms. The fourth-order valence-electron chi connectivity index (χ4n) is 2.21. The summed E-state index contributed by atoms with van der Waals surface area (Å²) in [6.07, 6.45) is 2.86. The average molecular weight is 215 g/mol. The fraction of sp³-hybridized carbons (Fsp3) is 0.778. The highest BCUT2D eigenvalue weighted by Gasteiger charge is 2.44. The van der Waals surface area contributed by atoms with E-state index in [4.69, 9.17) is 21.7 Å². The molecule has 0 radical (unpaired) electrons. The van der Waals surface area contributed by atoms with Gasteiger partial charge in [-0.3, -0.25) is 4.79 Å². The molecular formula is C9H13NO3S. The van der Waals surface area contributed by atoms with Crippen LogP contribution >= 0.6 is 12.2 Å². The van der Waals surface area contributed by atoms with Crippen molar-refractivity contribution in [2.24, 2.45) is 5.92 Å². The maximum atomic E-state index is 11.5. The number of nitrogens with one attached hydrogen (secondary N) is 1. The Kier molecular flexibility index (Phi) is 2.58. The van der Waals surface area contributed by atoms with Crippen molar-refractivity contribution in [2.75, 3.05) is 7.11 Å². The van der Waals surface area contributed by atoms with Crippen molar-refractivity contribution in [2.45, 2.75) is 31.4 Å². The van der Waals surface area contributed by atoms with Crippen molar-refractivity contribution in [3.8, 4) is 0 Å². The molecule has 78 valence electrons. The number of fused-ring (bicyclic) bond motifs is 1. The summed E-state index contributed by atoms with van der Waals surface area (Å²) in [4.78, 5) is 11.5. The molecule has 0 aromatic rings. The predicted octanol–water partition coefficient (Wildman–Crippen LogP) is 0.601. The lowest BCUT2D eigenvalue weighted by molar-refractivity contribution is -0.148. The quantitative estimate of drug-likeness (QED) is 0.513. The summed E-state index contributed by atoms with van der Waals surface area (Å²) in [6, 6.07) is 0.0173. The molecular weight excluding hydrogens is 202 g/mol. The van der Waals surface area contributed by atoms with E-state index in [1.54, 1.807) is 0 Å². The molecule has 0 bridgehead atoms. The summed E-state index contributed by atoms with van der Waals surface area (Å²) < 4.78 is 10.2. The van der Waals surface area contributed by atoms with Crippen LogP contribution in [0.5, 0.6) is 0 Å². The highest BCUT2D eigenvalue weighted by atomic mass is 32.1. The van der Waals surface area contributed by atoms with E-state index >= 15 is 0 Å². The van der Waals surface area contributed by atoms with Gasteiger partial charge in [0.15, 0.2) is 0 Å². The summed E-state index contributed by atoms with van der Waals surface area (Å²) in [5.74, 6) is -0.278. The number of methoxy groups -OCH3 is 1. The summed E-state index contributed by atoms with van der Waals surface area (Å²) in [7, 11) is 1.42. The second kappa shape index (κ2) is 3.73. The van der Waals surface area contributed by atoms with E-state index in [9.17, 15) is 4.79 Å². The lowest BCUT2D eigenvalue weighted by Crippen LogP contribution is -2.45. The first-order valence-corrected chi connectivity index (χ1v) is 5.18. The zero-order chi connectivity index (χ0) is 10.1. The molecule has 1 aliphatic carbocycles. The third-order valence-corrected chi connectivity index (χ3v) is 3.10. The van der Waals surface area contributed by atoms with E-state index in [0.29, 0.717) is 5.17 Å². The molecule has 1 saturated heterocycles. The average Bonchev–Trinajstić information content (AvgIpc) is 2.56. The number of hydrogen-bond acceptors (Lipinski definition) is 4. The van der Waals surface area contributed by atoms with E-state index in [2.05, 4.69) is 5.32 Å². The van der Waals surface area contributed by atoms with Gasteiger partial charge in [0, 0.05) is 0 Å². The van der Waals surface area contributed by atoms with Gasteiger partial charge in [-0.2, -0.15) is 0 Å². The number of hydrogen-bond donors (Lipinski definition) is 1. The third-order valence-electron chi connectivity index (χ3n) is 2.88. The molecule has 0 spiro atoms. The normalized spacial score (nSPS) is 35.5. The van der Waals surface area contributed by atoms with E-state index in [-0.39, 0.29) is 24.0 Å². The molecule has 14 heavy (non-hydrogen) atoms. The van der Waals surface area contributed by atoms with Crippen molar-refractivity contribution in [1.82, 2.24) is 5.32 Å². The molecule has 3 atom stereocenters. The minimum Gasteiger partial charge on any atom is -0.469 e. The van der Waals surface area contributed by atoms with Crippen LogP contribution in [0.25, 0.3) is 0 Å². The van der Waals surface area contributed by atoms with Crippen LogP contribution in [0.2, 0.25) is 0 Å². The molecule has 1 saturated carbocycles. The maximum absolute atomic E-state index is 11.5. The predicted molar refractivity (Wildman–Crippen MR) is 53.8 cm³/mol. The Labute approximate surface area is 87.9 Å². The number of esters is 1. The Hall–Kier alpha value is -0.840. The highest BCUT2D eigenvalue weighted by molar-refractivity contribution is 7.80. The molecule has 2 fully saturated rings. The largest absolute Gasteiger partial charge is 0.469 e. The summed E-state index contributed by atoms with van der Waals surface area (Å²) in [5.41, 5.74) is 0. The summed E-state index contributed by atoms with van der Waals surface area (Å²) >= 11 is 4.92. The first-order valence-electron chi connectivity index (χ1n) is 4.77. The summed E-state index contributed by atoms with van der Waals surface area (Å²) in [6.45, 7) is 0. The van der Waals surface area contributed by atoms with Crippen LogP contribution in [-0.4, -0.2) is 30.4 Å². The van der Waals surface area contributed by atoms with Gasteiger partial charge in [0.2, 0.25) is 0 Å². The first kappa shape index (κ1) is 9.71. The van der Waals surface area contributed by atoms with Crippen LogP contribution in [0, 0.1) is 5.92 Å². The van der Waals surface area contributed by atoms with Gasteiger partial charge in [0.1, 0.15) is 6.10 Å². The minimum atomic E-state index is -0.166. The van der Waals surface area contributed by atoms with Gasteiger partial charge in [0.05, 0.1) is 19.1 Å². The second-order valence-electron chi connectivity index (χ2n) is 3.67. The number of carbonyl (C=O) groups excluding carboxylic acids is 1. The van der Waals surface area contributed by atoms with Crippen LogP contribution in [0.1, 0.15) is 19.3 Å². The molecule has 0 aromatic heterocycles. The van der Waals surface area contributed by atoms with Crippen molar-refractivity contribution in [3.05, 3.63) is 0 Å². The SMILES string of the molecule is COC(=O)C1CCCC2OC(=S)NC21. The Morgan fingerprint density at radius 2 is 2.43 bits per heavy atom. The fourth-order valence-corrected chi connectivity index (χ4v) is 2.47. The molecule has 2 rings (SSSR count). The van der Waals surface area contributed by atoms with Gasteiger partial charge in [-0.1, -0.05) is 0 Å². The summed E-state index contributed by atoms with van der Waals surface area (Å²) in [5, 5.41) is 3.44. The smallest absolute Gasteiger partial charge is 0.310 e. The van der Waals surface area contributed by atoms with Gasteiger partial charge in [-0.25, -0.2) is 0 Å². The van der Waals surface area contributed by atoms with Crippen LogP contribution in [0.4, 0.5) is 0 Å². The topological polar surface area (TPSA) is 47.6 Å². The van der Waals surface area contributed by atoms with Crippen molar-refractivity contribution >= 4 is 23.4 Å². The lowest BCUT2D eigenvalue weighted by Gasteiger charge is -2.29. The first-order chi connectivity index (χ1) is 6.72. The van der Waals surface area contributed by atoms with E-state index in [1.807, 2.05) is 0 Å². The number of carbonyl (C=O) groups is 1. The minimum absolute atomic E-state index is 0.0173. The van der Waals surface area contributed by atoms with Gasteiger partial charge >= 0.3 is 5.97 Å². The number of ether oxygens (including phenoxy) is 2. The van der Waals surface area contributed by atoms with Crippen molar-refractivity contribution in [1.29, 1.82) is 0 Å². The zero-order valence-corrected chi connectivity index (χ0v) is 8.80. The van der Waals surface area contributed by atoms with Crippen LogP contribution in [0.3, 0.4) is 0 Å². The number of thiocarbonyl (C=S) groups is 1. The van der Waals surface area contributed by atoms with E-state index in [1.165, 1.54) is 7.11 Å². The Morgan fingerprint density at radius 1 is 1.64 bits per heavy atom. The Morgan fingerprint density at radius 3 is 3.14 bits per heavy atom. The third kappa shape index (κ3) is 1.56. The molecule has 0 amide bonds. The molecule has 1 N–H and O–H groups in total. The monoisotopic (exact) mass is 215 g/mol. The van der Waals surface area contributed by atoms with Gasteiger partial charge in [-0.15, -0.1) is 0 Å². The van der Waals surface area contributed by atoms with Crippen molar-refractivity contribution < 1.29 is 14.3 Å². The number of rotatable bonds is 1.